The molecule has 0 amide bonds. The molecule has 0 aliphatic rings. The molecule has 0 aliphatic carbocycles. The van der Waals surface area contributed by atoms with Gasteiger partial charge < -0.3 is 0 Å². The third-order valence-corrected chi connectivity index (χ3v) is 7.48. The first-order valence-electron chi connectivity index (χ1n) is 11.1. The number of aromatic nitrogens is 5. The second-order valence-corrected chi connectivity index (χ2v) is 10.9. The number of fused-ring (bicyclic) bond motifs is 1. The maximum absolute atomic E-state index is 14.6. The molecule has 8 nitrogen and oxygen atoms in total. The van der Waals surface area contributed by atoms with E-state index in [-0.39, 0.29) is 17.1 Å². The Morgan fingerprint density at radius 2 is 1.78 bits per heavy atom. The molecule has 5 aromatic rings. The molecule has 0 atom stereocenters. The Morgan fingerprint density at radius 3 is 2.47 bits per heavy atom. The van der Waals surface area contributed by atoms with Gasteiger partial charge in [0.05, 0.1) is 29.0 Å². The normalized spacial score (nSPS) is 11.9. The topological polar surface area (TPSA) is 94.2 Å². The van der Waals surface area contributed by atoms with Crippen molar-refractivity contribution in [3.05, 3.63) is 78.9 Å². The number of benzene rings is 1. The number of pyridine rings is 2. The van der Waals surface area contributed by atoms with E-state index in [0.717, 1.165) is 23.3 Å². The lowest BCUT2D eigenvalue weighted by molar-refractivity contribution is 0.585. The Balaban J connectivity index is 1.65. The number of hydrogen-bond donors (Lipinski definition) is 1. The summed E-state index contributed by atoms with van der Waals surface area (Å²) in [5.74, 6) is -1.52. The van der Waals surface area contributed by atoms with Gasteiger partial charge in [0.25, 0.3) is 0 Å². The highest BCUT2D eigenvalue weighted by Gasteiger charge is 2.19. The van der Waals surface area contributed by atoms with Crippen molar-refractivity contribution in [1.82, 2.24) is 24.1 Å². The molecular formula is C25H22F2N6O2S. The second kappa shape index (κ2) is 8.83. The van der Waals surface area contributed by atoms with Gasteiger partial charge in [0.2, 0.25) is 10.0 Å². The number of rotatable bonds is 6. The van der Waals surface area contributed by atoms with Crippen molar-refractivity contribution in [1.29, 1.82) is 0 Å². The zero-order valence-electron chi connectivity index (χ0n) is 19.6. The standard InChI is InChI=1S/C25H22F2N6O2S/c1-15(2)36(34,35)31-24-9-17(8-22(30-24)20-5-4-19(26)11-21(20)27)23-13-28-25-10-16(6-7-33(23)25)18-12-29-32(3)14-18/h4-15H,1-3H3,(H,30,31). The van der Waals surface area contributed by atoms with Gasteiger partial charge in [-0.3, -0.25) is 13.8 Å². The monoisotopic (exact) mass is 508 g/mol. The van der Waals surface area contributed by atoms with Crippen molar-refractivity contribution in [3.8, 4) is 33.6 Å². The lowest BCUT2D eigenvalue weighted by atomic mass is 10.1. The van der Waals surface area contributed by atoms with Crippen LogP contribution in [0.5, 0.6) is 0 Å². The Labute approximate surface area is 206 Å². The van der Waals surface area contributed by atoms with Crippen molar-refractivity contribution in [2.45, 2.75) is 19.1 Å². The SMILES string of the molecule is CC(C)S(=O)(=O)Nc1cc(-c2cnc3cc(-c4cnn(C)c4)ccn23)cc(-c2ccc(F)cc2F)n1. The maximum atomic E-state index is 14.6. The van der Waals surface area contributed by atoms with Gasteiger partial charge in [-0.2, -0.15) is 5.10 Å². The molecule has 184 valence electrons. The molecule has 4 heterocycles. The van der Waals surface area contributed by atoms with Gasteiger partial charge in [0, 0.05) is 42.2 Å². The van der Waals surface area contributed by atoms with Gasteiger partial charge in [0.1, 0.15) is 23.1 Å². The summed E-state index contributed by atoms with van der Waals surface area (Å²) in [5.41, 5.74) is 3.90. The Kier molecular flexibility index (Phi) is 5.79. The van der Waals surface area contributed by atoms with Crippen LogP contribution in [-0.4, -0.2) is 37.8 Å². The minimum absolute atomic E-state index is 0.0156. The van der Waals surface area contributed by atoms with Gasteiger partial charge in [-0.25, -0.2) is 27.2 Å². The van der Waals surface area contributed by atoms with Gasteiger partial charge >= 0.3 is 0 Å². The molecule has 5 rings (SSSR count). The number of nitrogens with one attached hydrogen (secondary N) is 1. The Hall–Kier alpha value is -4.12. The van der Waals surface area contributed by atoms with Crippen LogP contribution in [0.15, 0.2) is 67.3 Å². The second-order valence-electron chi connectivity index (χ2n) is 8.64. The van der Waals surface area contributed by atoms with Crippen molar-refractivity contribution >= 4 is 21.5 Å². The van der Waals surface area contributed by atoms with Crippen LogP contribution in [0.2, 0.25) is 0 Å². The first-order chi connectivity index (χ1) is 17.1. The van der Waals surface area contributed by atoms with E-state index >= 15 is 0 Å². The fraction of sp³-hybridized carbons (Fsp3) is 0.160. The van der Waals surface area contributed by atoms with Crippen molar-refractivity contribution < 1.29 is 17.2 Å². The number of anilines is 1. The summed E-state index contributed by atoms with van der Waals surface area (Å²) < 4.78 is 59.2. The zero-order chi connectivity index (χ0) is 25.6. The van der Waals surface area contributed by atoms with Crippen LogP contribution < -0.4 is 4.72 Å². The van der Waals surface area contributed by atoms with Crippen molar-refractivity contribution in [2.75, 3.05) is 4.72 Å². The van der Waals surface area contributed by atoms with Gasteiger partial charge in [-0.15, -0.1) is 0 Å². The highest BCUT2D eigenvalue weighted by molar-refractivity contribution is 7.93. The first kappa shape index (κ1) is 23.6. The number of sulfonamides is 1. The van der Waals surface area contributed by atoms with Crippen LogP contribution in [0.1, 0.15) is 13.8 Å². The van der Waals surface area contributed by atoms with Crippen LogP contribution in [0, 0.1) is 11.6 Å². The summed E-state index contributed by atoms with van der Waals surface area (Å²) in [6.45, 7) is 3.08. The summed E-state index contributed by atoms with van der Waals surface area (Å²) in [6, 6.07) is 10.1. The molecule has 0 radical (unpaired) electrons. The van der Waals surface area contributed by atoms with Crippen LogP contribution in [0.3, 0.4) is 0 Å². The van der Waals surface area contributed by atoms with E-state index in [0.29, 0.717) is 16.9 Å². The van der Waals surface area contributed by atoms with E-state index in [2.05, 4.69) is 19.8 Å². The number of halogens is 2. The third-order valence-electron chi connectivity index (χ3n) is 5.75. The zero-order valence-corrected chi connectivity index (χ0v) is 20.5. The minimum Gasteiger partial charge on any atom is -0.300 e. The van der Waals surface area contributed by atoms with E-state index in [4.69, 9.17) is 0 Å². The molecule has 0 bridgehead atoms. The van der Waals surface area contributed by atoms with Crippen LogP contribution in [-0.2, 0) is 17.1 Å². The molecule has 1 N–H and O–H groups in total. The van der Waals surface area contributed by atoms with Crippen LogP contribution in [0.4, 0.5) is 14.6 Å². The average molecular weight is 509 g/mol. The van der Waals surface area contributed by atoms with Crippen molar-refractivity contribution in [2.24, 2.45) is 7.05 Å². The summed E-state index contributed by atoms with van der Waals surface area (Å²) in [5, 5.41) is 3.49. The molecule has 0 fully saturated rings. The van der Waals surface area contributed by atoms with E-state index in [9.17, 15) is 17.2 Å². The number of nitrogens with zero attached hydrogens (tertiary/aromatic N) is 5. The highest BCUT2D eigenvalue weighted by Crippen LogP contribution is 2.31. The maximum Gasteiger partial charge on any atom is 0.236 e. The molecule has 36 heavy (non-hydrogen) atoms. The summed E-state index contributed by atoms with van der Waals surface area (Å²) in [6.07, 6.45) is 7.14. The fourth-order valence-electron chi connectivity index (χ4n) is 3.77. The quantitative estimate of drug-likeness (QED) is 0.352. The molecule has 11 heteroatoms. The summed E-state index contributed by atoms with van der Waals surface area (Å²) >= 11 is 0. The highest BCUT2D eigenvalue weighted by atomic mass is 32.2. The Morgan fingerprint density at radius 1 is 0.972 bits per heavy atom. The minimum atomic E-state index is -3.73. The largest absolute Gasteiger partial charge is 0.300 e. The van der Waals surface area contributed by atoms with Crippen molar-refractivity contribution in [3.63, 3.8) is 0 Å². The van der Waals surface area contributed by atoms with E-state index in [1.54, 1.807) is 29.2 Å². The van der Waals surface area contributed by atoms with E-state index in [1.807, 2.05) is 36.0 Å². The lowest BCUT2D eigenvalue weighted by Crippen LogP contribution is -2.23. The molecule has 0 aliphatic heterocycles. The van der Waals surface area contributed by atoms with Gasteiger partial charge in [0.15, 0.2) is 0 Å². The molecule has 0 saturated carbocycles. The molecule has 0 unspecified atom stereocenters. The van der Waals surface area contributed by atoms with Crippen LogP contribution in [0.25, 0.3) is 39.3 Å². The average Bonchev–Trinajstić information content (AvgIpc) is 3.44. The number of aryl methyl sites for hydroxylation is 1. The van der Waals surface area contributed by atoms with Crippen LogP contribution >= 0.6 is 0 Å². The van der Waals surface area contributed by atoms with E-state index < -0.39 is 26.9 Å². The number of imidazole rings is 1. The molecule has 0 spiro atoms. The summed E-state index contributed by atoms with van der Waals surface area (Å²) in [4.78, 5) is 8.82. The molecule has 0 saturated heterocycles. The first-order valence-corrected chi connectivity index (χ1v) is 12.6. The summed E-state index contributed by atoms with van der Waals surface area (Å²) in [7, 11) is -1.89. The smallest absolute Gasteiger partial charge is 0.236 e. The molecular weight excluding hydrogens is 486 g/mol. The Bertz CT molecular complexity index is 1710. The molecule has 1 aromatic carbocycles. The predicted molar refractivity (Wildman–Crippen MR) is 134 cm³/mol. The van der Waals surface area contributed by atoms with Gasteiger partial charge in [-0.05, 0) is 55.8 Å². The predicted octanol–water partition coefficient (Wildman–Crippen LogP) is 4.89. The lowest BCUT2D eigenvalue weighted by Gasteiger charge is -2.14. The molecule has 4 aromatic heterocycles. The fourth-order valence-corrected chi connectivity index (χ4v) is 4.41. The van der Waals surface area contributed by atoms with E-state index in [1.165, 1.54) is 19.9 Å². The number of hydrogen-bond acceptors (Lipinski definition) is 5. The third kappa shape index (κ3) is 4.44. The van der Waals surface area contributed by atoms with Gasteiger partial charge in [-0.1, -0.05) is 0 Å².